The molecule has 0 spiro atoms. The van der Waals surface area contributed by atoms with Crippen molar-refractivity contribution in [3.8, 4) is 5.75 Å². The van der Waals surface area contributed by atoms with Gasteiger partial charge in [0.2, 0.25) is 0 Å². The van der Waals surface area contributed by atoms with E-state index in [2.05, 4.69) is 55.6 Å². The maximum absolute atomic E-state index is 5.17. The lowest BCUT2D eigenvalue weighted by Crippen LogP contribution is -2.18. The minimum absolute atomic E-state index is 0.325. The number of methoxy groups -OCH3 is 1. The van der Waals surface area contributed by atoms with Crippen molar-refractivity contribution < 1.29 is 4.74 Å². The van der Waals surface area contributed by atoms with Crippen molar-refractivity contribution in [2.75, 3.05) is 7.11 Å². The Morgan fingerprint density at radius 1 is 1.05 bits per heavy atom. The van der Waals surface area contributed by atoms with Crippen molar-refractivity contribution in [3.05, 3.63) is 65.2 Å². The Morgan fingerprint density at radius 2 is 1.74 bits per heavy atom. The number of benzene rings is 2. The number of nitrogens with one attached hydrogen (secondary N) is 1. The lowest BCUT2D eigenvalue weighted by molar-refractivity contribution is 0.414. The van der Waals surface area contributed by atoms with Crippen LogP contribution in [0.15, 0.2) is 48.5 Å². The van der Waals surface area contributed by atoms with Gasteiger partial charge in [-0.15, -0.1) is 0 Å². The predicted molar refractivity (Wildman–Crippen MR) is 79.4 cm³/mol. The van der Waals surface area contributed by atoms with Crippen molar-refractivity contribution in [3.63, 3.8) is 0 Å². The van der Waals surface area contributed by atoms with Gasteiger partial charge in [-0.05, 0) is 42.7 Å². The molecule has 0 saturated carbocycles. The number of rotatable bonds is 5. The average molecular weight is 255 g/mol. The molecule has 1 unspecified atom stereocenters. The largest absolute Gasteiger partial charge is 0.497 e. The molecule has 0 bridgehead atoms. The van der Waals surface area contributed by atoms with Crippen molar-refractivity contribution in [1.29, 1.82) is 0 Å². The van der Waals surface area contributed by atoms with E-state index in [0.29, 0.717) is 6.04 Å². The second kappa shape index (κ2) is 6.39. The summed E-state index contributed by atoms with van der Waals surface area (Å²) in [6.07, 6.45) is 0. The van der Waals surface area contributed by atoms with Crippen LogP contribution in [0.3, 0.4) is 0 Å². The van der Waals surface area contributed by atoms with E-state index in [-0.39, 0.29) is 0 Å². The average Bonchev–Trinajstić information content (AvgIpc) is 2.46. The molecule has 100 valence electrons. The minimum atomic E-state index is 0.325. The molecule has 2 heteroatoms. The van der Waals surface area contributed by atoms with Crippen LogP contribution in [0.2, 0.25) is 0 Å². The quantitative estimate of drug-likeness (QED) is 0.876. The third-order valence-corrected chi connectivity index (χ3v) is 3.48. The van der Waals surface area contributed by atoms with Crippen molar-refractivity contribution in [2.24, 2.45) is 0 Å². The van der Waals surface area contributed by atoms with Gasteiger partial charge in [-0.25, -0.2) is 0 Å². The van der Waals surface area contributed by atoms with Crippen molar-refractivity contribution in [2.45, 2.75) is 26.4 Å². The zero-order valence-electron chi connectivity index (χ0n) is 11.8. The molecule has 2 nitrogen and oxygen atoms in total. The molecule has 0 aliphatic heterocycles. The van der Waals surface area contributed by atoms with Crippen LogP contribution in [-0.4, -0.2) is 7.11 Å². The van der Waals surface area contributed by atoms with Gasteiger partial charge in [0.15, 0.2) is 0 Å². The van der Waals surface area contributed by atoms with Crippen LogP contribution in [0, 0.1) is 6.92 Å². The summed E-state index contributed by atoms with van der Waals surface area (Å²) in [6, 6.07) is 17.0. The van der Waals surface area contributed by atoms with Crippen LogP contribution >= 0.6 is 0 Å². The first-order valence-electron chi connectivity index (χ1n) is 6.62. The molecule has 1 atom stereocenters. The highest BCUT2D eigenvalue weighted by Crippen LogP contribution is 2.18. The zero-order chi connectivity index (χ0) is 13.7. The number of ether oxygens (including phenoxy) is 1. The highest BCUT2D eigenvalue weighted by Gasteiger charge is 2.05. The van der Waals surface area contributed by atoms with Gasteiger partial charge < -0.3 is 10.1 Å². The molecule has 19 heavy (non-hydrogen) atoms. The molecule has 2 rings (SSSR count). The molecule has 0 amide bonds. The fraction of sp³-hybridized carbons (Fsp3) is 0.294. The van der Waals surface area contributed by atoms with E-state index in [1.54, 1.807) is 7.11 Å². The first-order chi connectivity index (χ1) is 9.20. The Morgan fingerprint density at radius 3 is 2.37 bits per heavy atom. The Labute approximate surface area is 115 Å². The monoisotopic (exact) mass is 255 g/mol. The van der Waals surface area contributed by atoms with Crippen LogP contribution in [0.5, 0.6) is 5.75 Å². The summed E-state index contributed by atoms with van der Waals surface area (Å²) in [5.74, 6) is 0.898. The topological polar surface area (TPSA) is 21.3 Å². The predicted octanol–water partition coefficient (Wildman–Crippen LogP) is 3.85. The molecular weight excluding hydrogens is 234 g/mol. The van der Waals surface area contributed by atoms with Gasteiger partial charge >= 0.3 is 0 Å². The first-order valence-corrected chi connectivity index (χ1v) is 6.62. The maximum atomic E-state index is 5.17. The second-order valence-electron chi connectivity index (χ2n) is 4.80. The van der Waals surface area contributed by atoms with Crippen LogP contribution in [-0.2, 0) is 6.54 Å². The molecule has 0 aliphatic carbocycles. The van der Waals surface area contributed by atoms with Gasteiger partial charge in [0.25, 0.3) is 0 Å². The van der Waals surface area contributed by atoms with E-state index in [0.717, 1.165) is 12.3 Å². The van der Waals surface area contributed by atoms with Gasteiger partial charge in [0, 0.05) is 12.6 Å². The first kappa shape index (κ1) is 13.6. The Bertz CT molecular complexity index is 519. The molecule has 1 N–H and O–H groups in total. The second-order valence-corrected chi connectivity index (χ2v) is 4.80. The summed E-state index contributed by atoms with van der Waals surface area (Å²) in [7, 11) is 1.69. The van der Waals surface area contributed by atoms with E-state index < -0.39 is 0 Å². The van der Waals surface area contributed by atoms with Crippen LogP contribution in [0.25, 0.3) is 0 Å². The highest BCUT2D eigenvalue weighted by molar-refractivity contribution is 5.29. The highest BCUT2D eigenvalue weighted by atomic mass is 16.5. The summed E-state index contributed by atoms with van der Waals surface area (Å²) in [6.45, 7) is 5.22. The lowest BCUT2D eigenvalue weighted by atomic mass is 10.1. The van der Waals surface area contributed by atoms with E-state index in [4.69, 9.17) is 4.74 Å². The molecule has 0 aliphatic rings. The van der Waals surface area contributed by atoms with Crippen molar-refractivity contribution >= 4 is 0 Å². The summed E-state index contributed by atoms with van der Waals surface area (Å²) in [5.41, 5.74) is 3.95. The van der Waals surface area contributed by atoms with E-state index in [1.807, 2.05) is 12.1 Å². The fourth-order valence-corrected chi connectivity index (χ4v) is 2.08. The smallest absolute Gasteiger partial charge is 0.118 e. The van der Waals surface area contributed by atoms with Gasteiger partial charge in [-0.2, -0.15) is 0 Å². The Kier molecular flexibility index (Phi) is 4.58. The number of hydrogen-bond donors (Lipinski definition) is 1. The third-order valence-electron chi connectivity index (χ3n) is 3.48. The van der Waals surface area contributed by atoms with Crippen LogP contribution < -0.4 is 10.1 Å². The lowest BCUT2D eigenvalue weighted by Gasteiger charge is -2.15. The summed E-state index contributed by atoms with van der Waals surface area (Å²) >= 11 is 0. The molecule has 0 fully saturated rings. The van der Waals surface area contributed by atoms with Gasteiger partial charge in [-0.1, -0.05) is 36.4 Å². The van der Waals surface area contributed by atoms with Crippen LogP contribution in [0.1, 0.15) is 29.7 Å². The van der Waals surface area contributed by atoms with Gasteiger partial charge in [0.05, 0.1) is 7.11 Å². The number of hydrogen-bond acceptors (Lipinski definition) is 2. The zero-order valence-corrected chi connectivity index (χ0v) is 11.8. The Balaban J connectivity index is 1.97. The maximum Gasteiger partial charge on any atom is 0.118 e. The molecule has 2 aromatic carbocycles. The molecule has 0 saturated heterocycles. The molecule has 2 aromatic rings. The summed E-state index contributed by atoms with van der Waals surface area (Å²) in [5, 5.41) is 3.55. The molecular formula is C17H21NO. The Hall–Kier alpha value is -1.80. The molecule has 0 heterocycles. The van der Waals surface area contributed by atoms with Crippen LogP contribution in [0.4, 0.5) is 0 Å². The van der Waals surface area contributed by atoms with E-state index >= 15 is 0 Å². The minimum Gasteiger partial charge on any atom is -0.497 e. The normalized spacial score (nSPS) is 12.2. The third kappa shape index (κ3) is 3.58. The molecule has 0 aromatic heterocycles. The van der Waals surface area contributed by atoms with E-state index in [1.165, 1.54) is 16.7 Å². The molecule has 0 radical (unpaired) electrons. The standard InChI is InChI=1S/C17H21NO/c1-13-6-4-5-7-16(13)12-18-14(2)15-8-10-17(19-3)11-9-15/h4-11,14,18H,12H2,1-3H3. The van der Waals surface area contributed by atoms with Gasteiger partial charge in [-0.3, -0.25) is 0 Å². The SMILES string of the molecule is COc1ccc(C(C)NCc2ccccc2C)cc1. The summed E-state index contributed by atoms with van der Waals surface area (Å²) in [4.78, 5) is 0. The van der Waals surface area contributed by atoms with E-state index in [9.17, 15) is 0 Å². The fourth-order valence-electron chi connectivity index (χ4n) is 2.08. The number of aryl methyl sites for hydroxylation is 1. The van der Waals surface area contributed by atoms with Gasteiger partial charge in [0.1, 0.15) is 5.75 Å². The van der Waals surface area contributed by atoms with Crippen molar-refractivity contribution in [1.82, 2.24) is 5.32 Å². The summed E-state index contributed by atoms with van der Waals surface area (Å²) < 4.78 is 5.17.